The van der Waals surface area contributed by atoms with Crippen LogP contribution >= 0.6 is 11.8 Å². The summed E-state index contributed by atoms with van der Waals surface area (Å²) >= 11 is 1.41. The highest BCUT2D eigenvalue weighted by molar-refractivity contribution is 8.01. The van der Waals surface area contributed by atoms with Gasteiger partial charge in [-0.3, -0.25) is 4.79 Å². The maximum atomic E-state index is 11.4. The first-order valence-corrected chi connectivity index (χ1v) is 6.46. The van der Waals surface area contributed by atoms with Gasteiger partial charge < -0.3 is 9.84 Å². The van der Waals surface area contributed by atoms with Crippen molar-refractivity contribution in [1.82, 2.24) is 0 Å². The van der Waals surface area contributed by atoms with Gasteiger partial charge in [0.2, 0.25) is 0 Å². The molecule has 1 rings (SSSR count). The summed E-state index contributed by atoms with van der Waals surface area (Å²) in [7, 11) is 1.61. The molecule has 0 fully saturated rings. The van der Waals surface area contributed by atoms with E-state index < -0.39 is 10.7 Å². The number of carboxylic acids is 1. The van der Waals surface area contributed by atoms with Gasteiger partial charge in [0.1, 0.15) is 10.5 Å². The molecule has 94 valence electrons. The highest BCUT2D eigenvalue weighted by Gasteiger charge is 2.35. The van der Waals surface area contributed by atoms with E-state index in [9.17, 15) is 9.90 Å². The zero-order chi connectivity index (χ0) is 12.9. The van der Waals surface area contributed by atoms with Crippen molar-refractivity contribution in [3.63, 3.8) is 0 Å². The quantitative estimate of drug-likeness (QED) is 0.790. The Balaban J connectivity index is 2.89. The van der Waals surface area contributed by atoms with Crippen LogP contribution in [0.25, 0.3) is 0 Å². The molecule has 3 nitrogen and oxygen atoms in total. The molecule has 0 saturated heterocycles. The fourth-order valence-electron chi connectivity index (χ4n) is 1.61. The van der Waals surface area contributed by atoms with E-state index in [1.54, 1.807) is 7.11 Å². The lowest BCUT2D eigenvalue weighted by Gasteiger charge is -2.25. The first kappa shape index (κ1) is 13.9. The molecule has 0 bridgehead atoms. The number of methoxy groups -OCH3 is 1. The smallest absolute Gasteiger partial charge is 0.320 e. The molecule has 0 atom stereocenters. The molecule has 0 heterocycles. The number of ether oxygens (including phenoxy) is 1. The molecule has 1 aromatic carbocycles. The van der Waals surface area contributed by atoms with Crippen LogP contribution in [-0.2, 0) is 4.79 Å². The summed E-state index contributed by atoms with van der Waals surface area (Å²) in [6, 6.07) is 7.49. The Bertz CT molecular complexity index is 369. The molecular weight excluding hydrogens is 236 g/mol. The van der Waals surface area contributed by atoms with E-state index in [1.807, 2.05) is 38.1 Å². The van der Waals surface area contributed by atoms with Crippen molar-refractivity contribution < 1.29 is 14.6 Å². The summed E-state index contributed by atoms with van der Waals surface area (Å²) in [5, 5.41) is 9.34. The minimum atomic E-state index is -0.747. The predicted octanol–water partition coefficient (Wildman–Crippen LogP) is 3.43. The van der Waals surface area contributed by atoms with Crippen LogP contribution < -0.4 is 4.74 Å². The average Bonchev–Trinajstić information content (AvgIpc) is 2.36. The Morgan fingerprint density at radius 2 is 1.82 bits per heavy atom. The van der Waals surface area contributed by atoms with Gasteiger partial charge in [0, 0.05) is 4.90 Å². The number of hydrogen-bond donors (Lipinski definition) is 1. The van der Waals surface area contributed by atoms with E-state index in [2.05, 4.69) is 0 Å². The summed E-state index contributed by atoms with van der Waals surface area (Å²) in [6.45, 7) is 3.82. The van der Waals surface area contributed by atoms with Gasteiger partial charge in [0.15, 0.2) is 0 Å². The topological polar surface area (TPSA) is 46.5 Å². The second-order valence-corrected chi connectivity index (χ2v) is 5.24. The van der Waals surface area contributed by atoms with Gasteiger partial charge in [0.05, 0.1) is 7.11 Å². The van der Waals surface area contributed by atoms with E-state index in [4.69, 9.17) is 4.74 Å². The molecule has 0 spiro atoms. The second kappa shape index (κ2) is 5.96. The Morgan fingerprint density at radius 3 is 2.18 bits per heavy atom. The zero-order valence-electron chi connectivity index (χ0n) is 10.4. The van der Waals surface area contributed by atoms with E-state index in [0.717, 1.165) is 10.6 Å². The Morgan fingerprint density at radius 1 is 1.29 bits per heavy atom. The van der Waals surface area contributed by atoms with E-state index >= 15 is 0 Å². The zero-order valence-corrected chi connectivity index (χ0v) is 11.2. The lowest BCUT2D eigenvalue weighted by atomic mass is 10.0. The summed E-state index contributed by atoms with van der Waals surface area (Å²) in [4.78, 5) is 12.3. The number of thioether (sulfide) groups is 1. The monoisotopic (exact) mass is 254 g/mol. The molecule has 17 heavy (non-hydrogen) atoms. The molecule has 0 saturated carbocycles. The van der Waals surface area contributed by atoms with Gasteiger partial charge in [-0.1, -0.05) is 13.8 Å². The van der Waals surface area contributed by atoms with Gasteiger partial charge in [-0.15, -0.1) is 11.8 Å². The number of benzene rings is 1. The fourth-order valence-corrected chi connectivity index (χ4v) is 2.71. The van der Waals surface area contributed by atoms with Crippen LogP contribution in [0.3, 0.4) is 0 Å². The number of hydrogen-bond acceptors (Lipinski definition) is 3. The molecule has 0 aliphatic rings. The summed E-state index contributed by atoms with van der Waals surface area (Å²) in [5.41, 5.74) is 0. The van der Waals surface area contributed by atoms with Crippen molar-refractivity contribution in [2.24, 2.45) is 0 Å². The molecule has 0 aliphatic heterocycles. The van der Waals surface area contributed by atoms with Crippen LogP contribution in [0.2, 0.25) is 0 Å². The van der Waals surface area contributed by atoms with Crippen molar-refractivity contribution in [1.29, 1.82) is 0 Å². The molecule has 0 aliphatic carbocycles. The molecule has 0 unspecified atom stereocenters. The van der Waals surface area contributed by atoms with E-state index in [0.29, 0.717) is 12.8 Å². The van der Waals surface area contributed by atoms with Crippen molar-refractivity contribution in [3.05, 3.63) is 24.3 Å². The van der Waals surface area contributed by atoms with Crippen molar-refractivity contribution >= 4 is 17.7 Å². The van der Waals surface area contributed by atoms with Gasteiger partial charge in [-0.25, -0.2) is 0 Å². The SMILES string of the molecule is CCC(CC)(Sc1ccc(OC)cc1)C(=O)O. The Labute approximate surface area is 106 Å². The first-order chi connectivity index (χ1) is 8.07. The molecule has 4 heteroatoms. The average molecular weight is 254 g/mol. The molecule has 0 radical (unpaired) electrons. The van der Waals surface area contributed by atoms with Crippen LogP contribution in [0.4, 0.5) is 0 Å². The van der Waals surface area contributed by atoms with Gasteiger partial charge >= 0.3 is 5.97 Å². The summed E-state index contributed by atoms with van der Waals surface area (Å²) in [6.07, 6.45) is 1.21. The van der Waals surface area contributed by atoms with Gasteiger partial charge in [-0.05, 0) is 37.1 Å². The molecule has 0 aromatic heterocycles. The standard InChI is InChI=1S/C13H18O3S/c1-4-13(5-2,12(14)15)17-11-8-6-10(16-3)7-9-11/h6-9H,4-5H2,1-3H3,(H,14,15). The highest BCUT2D eigenvalue weighted by atomic mass is 32.2. The maximum absolute atomic E-state index is 11.4. The van der Waals surface area contributed by atoms with Crippen LogP contribution in [-0.4, -0.2) is 22.9 Å². The predicted molar refractivity (Wildman–Crippen MR) is 69.8 cm³/mol. The van der Waals surface area contributed by atoms with Crippen molar-refractivity contribution in [2.75, 3.05) is 7.11 Å². The molecule has 1 N–H and O–H groups in total. The lowest BCUT2D eigenvalue weighted by Crippen LogP contribution is -2.33. The third-order valence-corrected chi connectivity index (χ3v) is 4.56. The van der Waals surface area contributed by atoms with Crippen molar-refractivity contribution in [2.45, 2.75) is 36.3 Å². The second-order valence-electron chi connectivity index (χ2n) is 3.78. The number of rotatable bonds is 6. The number of carbonyl (C=O) groups is 1. The molecule has 0 amide bonds. The van der Waals surface area contributed by atoms with Gasteiger partial charge in [-0.2, -0.15) is 0 Å². The van der Waals surface area contributed by atoms with Crippen LogP contribution in [0.5, 0.6) is 5.75 Å². The largest absolute Gasteiger partial charge is 0.497 e. The maximum Gasteiger partial charge on any atom is 0.320 e. The molecular formula is C13H18O3S. The van der Waals surface area contributed by atoms with Crippen LogP contribution in [0.1, 0.15) is 26.7 Å². The molecule has 1 aromatic rings. The summed E-state index contributed by atoms with van der Waals surface area (Å²) in [5.74, 6) is 0.0339. The lowest BCUT2D eigenvalue weighted by molar-refractivity contribution is -0.140. The van der Waals surface area contributed by atoms with Crippen molar-refractivity contribution in [3.8, 4) is 5.75 Å². The normalized spacial score (nSPS) is 11.2. The van der Waals surface area contributed by atoms with Gasteiger partial charge in [0.25, 0.3) is 0 Å². The Hall–Kier alpha value is -1.16. The third kappa shape index (κ3) is 3.16. The van der Waals surface area contributed by atoms with E-state index in [-0.39, 0.29) is 0 Å². The first-order valence-electron chi connectivity index (χ1n) is 5.64. The third-order valence-electron chi connectivity index (χ3n) is 2.90. The number of carboxylic acid groups (broad SMARTS) is 1. The number of aliphatic carboxylic acids is 1. The highest BCUT2D eigenvalue weighted by Crippen LogP contribution is 2.39. The fraction of sp³-hybridized carbons (Fsp3) is 0.462. The Kier molecular flexibility index (Phi) is 4.87. The minimum absolute atomic E-state index is 0.607. The van der Waals surface area contributed by atoms with Crippen LogP contribution in [0, 0.1) is 0 Å². The summed E-state index contributed by atoms with van der Waals surface area (Å²) < 4.78 is 4.35. The van der Waals surface area contributed by atoms with Crippen LogP contribution in [0.15, 0.2) is 29.2 Å². The van der Waals surface area contributed by atoms with E-state index in [1.165, 1.54) is 11.8 Å². The minimum Gasteiger partial charge on any atom is -0.497 e.